The van der Waals surface area contributed by atoms with Crippen molar-refractivity contribution in [3.63, 3.8) is 0 Å². The first-order valence-electron chi connectivity index (χ1n) is 5.01. The number of benzene rings is 1. The van der Waals surface area contributed by atoms with Gasteiger partial charge in [-0.2, -0.15) is 0 Å². The number of imidazole rings is 1. The van der Waals surface area contributed by atoms with E-state index in [4.69, 9.17) is 11.6 Å². The van der Waals surface area contributed by atoms with Crippen molar-refractivity contribution in [2.45, 2.75) is 13.0 Å². The third-order valence-electron chi connectivity index (χ3n) is 2.61. The third-order valence-corrected chi connectivity index (χ3v) is 3.02. The zero-order chi connectivity index (χ0) is 11.7. The largest absolute Gasteiger partial charge is 0.380 e. The third kappa shape index (κ3) is 1.96. The predicted molar refractivity (Wildman–Crippen MR) is 63.5 cm³/mol. The van der Waals surface area contributed by atoms with Gasteiger partial charge >= 0.3 is 0 Å². The van der Waals surface area contributed by atoms with Gasteiger partial charge in [0.25, 0.3) is 0 Å². The van der Waals surface area contributed by atoms with Crippen LogP contribution in [0.2, 0.25) is 5.02 Å². The van der Waals surface area contributed by atoms with Crippen LogP contribution in [0.25, 0.3) is 0 Å². The molecule has 4 heteroatoms. The van der Waals surface area contributed by atoms with Crippen LogP contribution in [0.1, 0.15) is 23.1 Å². The molecule has 2 rings (SSSR count). The van der Waals surface area contributed by atoms with Gasteiger partial charge in [-0.3, -0.25) is 0 Å². The second kappa shape index (κ2) is 4.28. The molecule has 0 spiro atoms. The van der Waals surface area contributed by atoms with Crippen LogP contribution < -0.4 is 0 Å². The highest BCUT2D eigenvalue weighted by Crippen LogP contribution is 2.24. The quantitative estimate of drug-likeness (QED) is 0.870. The highest BCUT2D eigenvalue weighted by Gasteiger charge is 2.15. The number of nitrogens with zero attached hydrogens (tertiary/aromatic N) is 2. The summed E-state index contributed by atoms with van der Waals surface area (Å²) in [5.41, 5.74) is 1.75. The van der Waals surface area contributed by atoms with Gasteiger partial charge in [-0.05, 0) is 24.1 Å². The summed E-state index contributed by atoms with van der Waals surface area (Å²) < 4.78 is 1.79. The summed E-state index contributed by atoms with van der Waals surface area (Å²) >= 11 is 6.02. The summed E-state index contributed by atoms with van der Waals surface area (Å²) in [7, 11) is 1.85. The monoisotopic (exact) mass is 236 g/mol. The van der Waals surface area contributed by atoms with E-state index in [-0.39, 0.29) is 0 Å². The number of hydrogen-bond acceptors (Lipinski definition) is 2. The van der Waals surface area contributed by atoms with Crippen molar-refractivity contribution in [2.24, 2.45) is 7.05 Å². The lowest BCUT2D eigenvalue weighted by atomic mass is 10.1. The van der Waals surface area contributed by atoms with Gasteiger partial charge in [0.2, 0.25) is 0 Å². The number of rotatable bonds is 2. The molecule has 1 heterocycles. The second-order valence-corrected chi connectivity index (χ2v) is 4.21. The molecule has 0 saturated heterocycles. The topological polar surface area (TPSA) is 38.1 Å². The number of halogens is 1. The first-order valence-corrected chi connectivity index (χ1v) is 5.38. The molecule has 1 unspecified atom stereocenters. The van der Waals surface area contributed by atoms with Crippen LogP contribution >= 0.6 is 11.6 Å². The minimum Gasteiger partial charge on any atom is -0.380 e. The van der Waals surface area contributed by atoms with Crippen molar-refractivity contribution in [1.29, 1.82) is 0 Å². The molecule has 0 fully saturated rings. The first-order chi connectivity index (χ1) is 7.59. The lowest BCUT2D eigenvalue weighted by molar-refractivity contribution is 0.206. The van der Waals surface area contributed by atoms with Gasteiger partial charge in [0.15, 0.2) is 0 Å². The van der Waals surface area contributed by atoms with Gasteiger partial charge in [0.1, 0.15) is 11.9 Å². The van der Waals surface area contributed by atoms with E-state index < -0.39 is 6.10 Å². The molecule has 2 aromatic rings. The van der Waals surface area contributed by atoms with Crippen LogP contribution in [0.4, 0.5) is 0 Å². The molecule has 16 heavy (non-hydrogen) atoms. The first kappa shape index (κ1) is 11.2. The van der Waals surface area contributed by atoms with Crippen molar-refractivity contribution < 1.29 is 5.11 Å². The Morgan fingerprint density at radius 1 is 1.44 bits per heavy atom. The molecule has 0 aliphatic carbocycles. The second-order valence-electron chi connectivity index (χ2n) is 3.81. The van der Waals surface area contributed by atoms with E-state index in [1.807, 2.05) is 26.1 Å². The Hall–Kier alpha value is -1.32. The van der Waals surface area contributed by atoms with E-state index in [9.17, 15) is 5.11 Å². The summed E-state index contributed by atoms with van der Waals surface area (Å²) in [6.07, 6.45) is 2.72. The molecular weight excluding hydrogens is 224 g/mol. The molecule has 1 aromatic carbocycles. The van der Waals surface area contributed by atoms with Crippen LogP contribution in [0.5, 0.6) is 0 Å². The lowest BCUT2D eigenvalue weighted by Gasteiger charge is -2.11. The molecule has 0 radical (unpaired) electrons. The molecule has 1 aromatic heterocycles. The highest BCUT2D eigenvalue weighted by molar-refractivity contribution is 6.31. The number of aliphatic hydroxyl groups excluding tert-OH is 1. The Morgan fingerprint density at radius 2 is 2.19 bits per heavy atom. The van der Waals surface area contributed by atoms with E-state index in [2.05, 4.69) is 4.98 Å². The van der Waals surface area contributed by atoms with Crippen molar-refractivity contribution in [1.82, 2.24) is 9.55 Å². The van der Waals surface area contributed by atoms with Crippen LogP contribution in [0, 0.1) is 6.92 Å². The van der Waals surface area contributed by atoms with E-state index in [0.29, 0.717) is 10.8 Å². The highest BCUT2D eigenvalue weighted by atomic mass is 35.5. The molecule has 0 saturated carbocycles. The normalized spacial score (nSPS) is 12.8. The zero-order valence-corrected chi connectivity index (χ0v) is 9.94. The Kier molecular flexibility index (Phi) is 2.99. The number of aryl methyl sites for hydroxylation is 2. The van der Waals surface area contributed by atoms with Crippen molar-refractivity contribution in [3.05, 3.63) is 52.6 Å². The minimum absolute atomic E-state index is 0.611. The van der Waals surface area contributed by atoms with E-state index in [1.165, 1.54) is 0 Å². The van der Waals surface area contributed by atoms with E-state index in [0.717, 1.165) is 11.1 Å². The summed E-state index contributed by atoms with van der Waals surface area (Å²) in [6.45, 7) is 1.93. The fraction of sp³-hybridized carbons (Fsp3) is 0.250. The molecule has 1 atom stereocenters. The SMILES string of the molecule is Cc1ccc(C(O)c2nccn2C)cc1Cl. The summed E-state index contributed by atoms with van der Waals surface area (Å²) in [5, 5.41) is 10.8. The number of hydrogen-bond donors (Lipinski definition) is 1. The Bertz CT molecular complexity index is 507. The minimum atomic E-state index is -0.738. The standard InChI is InChI=1S/C12H13ClN2O/c1-8-3-4-9(7-10(8)13)11(16)12-14-5-6-15(12)2/h3-7,11,16H,1-2H3. The van der Waals surface area contributed by atoms with Gasteiger partial charge in [0.05, 0.1) is 0 Å². The maximum atomic E-state index is 10.1. The molecule has 0 aliphatic rings. The summed E-state index contributed by atoms with van der Waals surface area (Å²) in [4.78, 5) is 4.11. The zero-order valence-electron chi connectivity index (χ0n) is 9.18. The molecule has 84 valence electrons. The predicted octanol–water partition coefficient (Wildman–Crippen LogP) is 2.46. The maximum Gasteiger partial charge on any atom is 0.142 e. The summed E-state index contributed by atoms with van der Waals surface area (Å²) in [5.74, 6) is 0.611. The Morgan fingerprint density at radius 3 is 2.75 bits per heavy atom. The van der Waals surface area contributed by atoms with E-state index in [1.54, 1.807) is 23.0 Å². The van der Waals surface area contributed by atoms with E-state index >= 15 is 0 Å². The van der Waals surface area contributed by atoms with Gasteiger partial charge < -0.3 is 9.67 Å². The maximum absolute atomic E-state index is 10.1. The van der Waals surface area contributed by atoms with Gasteiger partial charge in [-0.15, -0.1) is 0 Å². The number of aliphatic hydroxyl groups is 1. The van der Waals surface area contributed by atoms with Crippen molar-refractivity contribution >= 4 is 11.6 Å². The van der Waals surface area contributed by atoms with Gasteiger partial charge in [0, 0.05) is 24.5 Å². The van der Waals surface area contributed by atoms with Crippen molar-refractivity contribution in [2.75, 3.05) is 0 Å². The molecule has 0 bridgehead atoms. The fourth-order valence-corrected chi connectivity index (χ4v) is 1.76. The Balaban J connectivity index is 2.38. The van der Waals surface area contributed by atoms with Crippen LogP contribution in [0.15, 0.2) is 30.6 Å². The van der Waals surface area contributed by atoms with Crippen LogP contribution in [0.3, 0.4) is 0 Å². The van der Waals surface area contributed by atoms with Crippen molar-refractivity contribution in [3.8, 4) is 0 Å². The molecule has 3 nitrogen and oxygen atoms in total. The van der Waals surface area contributed by atoms with Gasteiger partial charge in [-0.1, -0.05) is 23.7 Å². The van der Waals surface area contributed by atoms with Crippen LogP contribution in [-0.4, -0.2) is 14.7 Å². The number of aromatic nitrogens is 2. The summed E-state index contributed by atoms with van der Waals surface area (Å²) in [6, 6.07) is 5.53. The molecule has 0 amide bonds. The lowest BCUT2D eigenvalue weighted by Crippen LogP contribution is -2.06. The van der Waals surface area contributed by atoms with Crippen LogP contribution in [-0.2, 0) is 7.05 Å². The Labute approximate surface area is 99.3 Å². The molecule has 1 N–H and O–H groups in total. The smallest absolute Gasteiger partial charge is 0.142 e. The average molecular weight is 237 g/mol. The molecular formula is C12H13ClN2O. The fourth-order valence-electron chi connectivity index (χ4n) is 1.57. The average Bonchev–Trinajstić information content (AvgIpc) is 2.67. The molecule has 0 aliphatic heterocycles. The van der Waals surface area contributed by atoms with Gasteiger partial charge in [-0.25, -0.2) is 4.98 Å².